The van der Waals surface area contributed by atoms with Crippen molar-refractivity contribution < 1.29 is 0 Å². The molecule has 0 radical (unpaired) electrons. The zero-order valence-electron chi connectivity index (χ0n) is 10.5. The molecule has 0 atom stereocenters. The molecule has 2 rings (SSSR count). The number of nitrogens with one attached hydrogen (secondary N) is 1. The molecule has 1 fully saturated rings. The third-order valence-electron chi connectivity index (χ3n) is 3.19. The van der Waals surface area contributed by atoms with Crippen LogP contribution in [0.15, 0.2) is 23.8 Å². The molecule has 0 aromatic heterocycles. The van der Waals surface area contributed by atoms with E-state index in [9.17, 15) is 0 Å². The van der Waals surface area contributed by atoms with Gasteiger partial charge in [-0.2, -0.15) is 0 Å². The van der Waals surface area contributed by atoms with E-state index in [0.29, 0.717) is 0 Å². The van der Waals surface area contributed by atoms with Crippen molar-refractivity contribution >= 4 is 6.08 Å². The van der Waals surface area contributed by atoms with Gasteiger partial charge in [0.1, 0.15) is 0 Å². The Balaban J connectivity index is 1.99. The second-order valence-electron chi connectivity index (χ2n) is 4.99. The Labute approximate surface area is 98.6 Å². The van der Waals surface area contributed by atoms with Crippen LogP contribution in [0.3, 0.4) is 0 Å². The second-order valence-corrected chi connectivity index (χ2v) is 4.99. The number of hydrogen-bond donors (Lipinski definition) is 1. The molecule has 1 aromatic carbocycles. The van der Waals surface area contributed by atoms with Gasteiger partial charge in [-0.15, -0.1) is 0 Å². The smallest absolute Gasteiger partial charge is 0.0167 e. The van der Waals surface area contributed by atoms with Crippen molar-refractivity contribution in [1.82, 2.24) is 5.32 Å². The third-order valence-corrected chi connectivity index (χ3v) is 3.19. The maximum absolute atomic E-state index is 3.53. The predicted molar refractivity (Wildman–Crippen MR) is 70.6 cm³/mol. The Morgan fingerprint density at radius 2 is 2.06 bits per heavy atom. The summed E-state index contributed by atoms with van der Waals surface area (Å²) in [7, 11) is 0. The lowest BCUT2D eigenvalue weighted by atomic mass is 10.0. The van der Waals surface area contributed by atoms with E-state index in [1.54, 1.807) is 0 Å². The van der Waals surface area contributed by atoms with Crippen LogP contribution in [-0.2, 0) is 0 Å². The molecule has 0 unspecified atom stereocenters. The first-order valence-corrected chi connectivity index (χ1v) is 6.13. The van der Waals surface area contributed by atoms with Crippen LogP contribution < -0.4 is 5.32 Å². The number of hydrogen-bond acceptors (Lipinski definition) is 1. The van der Waals surface area contributed by atoms with Crippen molar-refractivity contribution in [3.8, 4) is 0 Å². The summed E-state index contributed by atoms with van der Waals surface area (Å²) in [6.07, 6.45) is 5.00. The standard InChI is InChI=1S/C15H21N/c1-11(10-16-15-6-7-15)8-14-5-4-12(2)13(3)9-14/h4-5,8-9,15-16H,6-7,10H2,1-3H3. The Bertz CT molecular complexity index is 400. The van der Waals surface area contributed by atoms with Crippen LogP contribution in [0.5, 0.6) is 0 Å². The zero-order valence-corrected chi connectivity index (χ0v) is 10.5. The molecule has 1 aliphatic rings. The summed E-state index contributed by atoms with van der Waals surface area (Å²) in [5.41, 5.74) is 5.47. The molecule has 1 heteroatoms. The predicted octanol–water partition coefficient (Wildman–Crippen LogP) is 3.46. The van der Waals surface area contributed by atoms with Gasteiger partial charge in [0.2, 0.25) is 0 Å². The van der Waals surface area contributed by atoms with Gasteiger partial charge in [-0.1, -0.05) is 29.8 Å². The van der Waals surface area contributed by atoms with Crippen molar-refractivity contribution in [2.45, 2.75) is 39.7 Å². The summed E-state index contributed by atoms with van der Waals surface area (Å²) in [5.74, 6) is 0. The maximum Gasteiger partial charge on any atom is 0.0167 e. The Kier molecular flexibility index (Phi) is 3.45. The lowest BCUT2D eigenvalue weighted by Gasteiger charge is -2.05. The highest BCUT2D eigenvalue weighted by molar-refractivity contribution is 5.54. The van der Waals surface area contributed by atoms with Gasteiger partial charge in [-0.25, -0.2) is 0 Å². The molecule has 1 nitrogen and oxygen atoms in total. The molecule has 1 aromatic rings. The van der Waals surface area contributed by atoms with Crippen LogP contribution >= 0.6 is 0 Å². The van der Waals surface area contributed by atoms with Crippen molar-refractivity contribution in [3.05, 3.63) is 40.5 Å². The molecule has 86 valence electrons. The van der Waals surface area contributed by atoms with E-state index < -0.39 is 0 Å². The van der Waals surface area contributed by atoms with Crippen LogP contribution in [0.1, 0.15) is 36.5 Å². The fraction of sp³-hybridized carbons (Fsp3) is 0.467. The monoisotopic (exact) mass is 215 g/mol. The number of aryl methyl sites for hydroxylation is 2. The van der Waals surface area contributed by atoms with Gasteiger partial charge in [0.25, 0.3) is 0 Å². The largest absolute Gasteiger partial charge is 0.310 e. The van der Waals surface area contributed by atoms with Gasteiger partial charge in [-0.3, -0.25) is 0 Å². The molecule has 0 heterocycles. The van der Waals surface area contributed by atoms with Gasteiger partial charge in [0, 0.05) is 12.6 Å². The molecule has 16 heavy (non-hydrogen) atoms. The van der Waals surface area contributed by atoms with Crippen LogP contribution in [0.2, 0.25) is 0 Å². The van der Waals surface area contributed by atoms with Gasteiger partial charge >= 0.3 is 0 Å². The minimum Gasteiger partial charge on any atom is -0.310 e. The molecular formula is C15H21N. The molecule has 0 bridgehead atoms. The second kappa shape index (κ2) is 4.84. The quantitative estimate of drug-likeness (QED) is 0.811. The van der Waals surface area contributed by atoms with E-state index in [4.69, 9.17) is 0 Å². The fourth-order valence-electron chi connectivity index (χ4n) is 1.78. The Morgan fingerprint density at radius 1 is 1.31 bits per heavy atom. The zero-order chi connectivity index (χ0) is 11.5. The van der Waals surface area contributed by atoms with Crippen molar-refractivity contribution in [3.63, 3.8) is 0 Å². The van der Waals surface area contributed by atoms with Gasteiger partial charge in [0.05, 0.1) is 0 Å². The molecular weight excluding hydrogens is 194 g/mol. The number of benzene rings is 1. The molecule has 1 aliphatic carbocycles. The summed E-state index contributed by atoms with van der Waals surface area (Å²) in [4.78, 5) is 0. The molecule has 0 aliphatic heterocycles. The highest BCUT2D eigenvalue weighted by Gasteiger charge is 2.19. The summed E-state index contributed by atoms with van der Waals surface area (Å²) in [6.45, 7) is 7.55. The molecule has 0 spiro atoms. The lowest BCUT2D eigenvalue weighted by molar-refractivity contribution is 0.736. The summed E-state index contributed by atoms with van der Waals surface area (Å²) in [6, 6.07) is 7.45. The highest BCUT2D eigenvalue weighted by Crippen LogP contribution is 2.19. The fourth-order valence-corrected chi connectivity index (χ4v) is 1.78. The Morgan fingerprint density at radius 3 is 2.69 bits per heavy atom. The van der Waals surface area contributed by atoms with Gasteiger partial charge < -0.3 is 5.32 Å². The summed E-state index contributed by atoms with van der Waals surface area (Å²) < 4.78 is 0. The lowest BCUT2D eigenvalue weighted by Crippen LogP contribution is -2.18. The molecule has 0 amide bonds. The van der Waals surface area contributed by atoms with E-state index in [0.717, 1.165) is 12.6 Å². The number of rotatable bonds is 4. The van der Waals surface area contributed by atoms with E-state index in [1.807, 2.05) is 0 Å². The summed E-state index contributed by atoms with van der Waals surface area (Å²) in [5, 5.41) is 3.53. The average molecular weight is 215 g/mol. The van der Waals surface area contributed by atoms with Crippen LogP contribution in [-0.4, -0.2) is 12.6 Å². The van der Waals surface area contributed by atoms with Crippen molar-refractivity contribution in [2.24, 2.45) is 0 Å². The minimum absolute atomic E-state index is 0.795. The highest BCUT2D eigenvalue weighted by atomic mass is 14.9. The molecule has 0 saturated heterocycles. The van der Waals surface area contributed by atoms with E-state index >= 15 is 0 Å². The minimum atomic E-state index is 0.795. The normalized spacial score (nSPS) is 16.6. The van der Waals surface area contributed by atoms with Gasteiger partial charge in [-0.05, 0) is 50.3 Å². The summed E-state index contributed by atoms with van der Waals surface area (Å²) >= 11 is 0. The van der Waals surface area contributed by atoms with E-state index in [1.165, 1.54) is 35.1 Å². The van der Waals surface area contributed by atoms with Gasteiger partial charge in [0.15, 0.2) is 0 Å². The van der Waals surface area contributed by atoms with Crippen molar-refractivity contribution in [2.75, 3.05) is 6.54 Å². The first-order valence-electron chi connectivity index (χ1n) is 6.13. The first-order chi connectivity index (χ1) is 7.65. The first kappa shape index (κ1) is 11.4. The van der Waals surface area contributed by atoms with Crippen molar-refractivity contribution in [1.29, 1.82) is 0 Å². The van der Waals surface area contributed by atoms with E-state index in [2.05, 4.69) is 50.4 Å². The maximum atomic E-state index is 3.53. The van der Waals surface area contributed by atoms with Crippen LogP contribution in [0.4, 0.5) is 0 Å². The Hall–Kier alpha value is -1.08. The van der Waals surface area contributed by atoms with Crippen LogP contribution in [0, 0.1) is 13.8 Å². The third kappa shape index (κ3) is 3.21. The van der Waals surface area contributed by atoms with E-state index in [-0.39, 0.29) is 0 Å². The van der Waals surface area contributed by atoms with Crippen LogP contribution in [0.25, 0.3) is 6.08 Å². The average Bonchev–Trinajstić information content (AvgIpc) is 3.04. The molecule has 1 N–H and O–H groups in total. The SMILES string of the molecule is CC(=Cc1ccc(C)c(C)c1)CNC1CC1. The topological polar surface area (TPSA) is 12.0 Å². The molecule has 1 saturated carbocycles.